The van der Waals surface area contributed by atoms with Crippen LogP contribution in [0.3, 0.4) is 0 Å². The Morgan fingerprint density at radius 3 is 2.34 bits per heavy atom. The average Bonchev–Trinajstić information content (AvgIpc) is 3.47. The number of amides is 2. The van der Waals surface area contributed by atoms with E-state index in [0.717, 1.165) is 11.1 Å². The minimum Gasteiger partial charge on any atom is -0.481 e. The Hall–Kier alpha value is -3.39. The highest BCUT2D eigenvalue weighted by Gasteiger charge is 2.31. The van der Waals surface area contributed by atoms with Crippen molar-refractivity contribution in [3.05, 3.63) is 59.7 Å². The molecule has 0 bridgehead atoms. The van der Waals surface area contributed by atoms with Crippen LogP contribution in [0.5, 0.6) is 0 Å². The summed E-state index contributed by atoms with van der Waals surface area (Å²) in [5.74, 6) is -1.54. The smallest absolute Gasteiger partial charge is 0.407 e. The third-order valence-electron chi connectivity index (χ3n) is 6.83. The van der Waals surface area contributed by atoms with E-state index >= 15 is 0 Å². The second-order valence-corrected chi connectivity index (χ2v) is 9.14. The summed E-state index contributed by atoms with van der Waals surface area (Å²) >= 11 is 0. The van der Waals surface area contributed by atoms with Crippen molar-refractivity contribution in [3.8, 4) is 11.1 Å². The van der Waals surface area contributed by atoms with E-state index < -0.39 is 18.0 Å². The number of carbonyl (C=O) groups is 3. The highest BCUT2D eigenvalue weighted by molar-refractivity contribution is 5.79. The van der Waals surface area contributed by atoms with Crippen molar-refractivity contribution in [3.63, 3.8) is 0 Å². The molecule has 2 aromatic rings. The first-order valence-corrected chi connectivity index (χ1v) is 12.2. The summed E-state index contributed by atoms with van der Waals surface area (Å²) in [7, 11) is 0. The topological polar surface area (TPSA) is 114 Å². The molecule has 8 heteroatoms. The van der Waals surface area contributed by atoms with Gasteiger partial charge in [-0.3, -0.25) is 9.59 Å². The number of hydrogen-bond acceptors (Lipinski definition) is 5. The van der Waals surface area contributed by atoms with E-state index in [2.05, 4.69) is 34.9 Å². The molecule has 2 amide bonds. The third-order valence-corrected chi connectivity index (χ3v) is 6.83. The Labute approximate surface area is 205 Å². The summed E-state index contributed by atoms with van der Waals surface area (Å²) in [5, 5.41) is 14.7. The zero-order chi connectivity index (χ0) is 24.8. The van der Waals surface area contributed by atoms with Crippen LogP contribution < -0.4 is 10.6 Å². The molecule has 1 heterocycles. The Morgan fingerprint density at radius 1 is 1.09 bits per heavy atom. The quantitative estimate of drug-likeness (QED) is 0.478. The summed E-state index contributed by atoms with van der Waals surface area (Å²) < 4.78 is 11.0. The zero-order valence-corrected chi connectivity index (χ0v) is 19.9. The SMILES string of the molecule is CCC(CCC(=O)NC[C@H]1C[C@@H](C(=O)O)CO1)NC(=O)OCC1c2ccccc2-c2ccccc21. The van der Waals surface area contributed by atoms with Crippen LogP contribution in [-0.2, 0) is 19.1 Å². The van der Waals surface area contributed by atoms with Crippen molar-refractivity contribution in [2.75, 3.05) is 19.8 Å². The molecule has 2 aliphatic rings. The molecule has 0 saturated carbocycles. The molecular weight excluding hydrogens is 448 g/mol. The van der Waals surface area contributed by atoms with Gasteiger partial charge in [0.25, 0.3) is 0 Å². The molecule has 4 rings (SSSR count). The zero-order valence-electron chi connectivity index (χ0n) is 19.9. The molecule has 35 heavy (non-hydrogen) atoms. The average molecular weight is 481 g/mol. The summed E-state index contributed by atoms with van der Waals surface area (Å²) in [5.41, 5.74) is 4.67. The number of rotatable bonds is 10. The number of benzene rings is 2. The van der Waals surface area contributed by atoms with Crippen molar-refractivity contribution in [1.29, 1.82) is 0 Å². The summed E-state index contributed by atoms with van der Waals surface area (Å²) in [6.07, 6.45) is 1.03. The number of hydrogen-bond donors (Lipinski definition) is 3. The number of fused-ring (bicyclic) bond motifs is 3. The van der Waals surface area contributed by atoms with E-state index in [1.807, 2.05) is 31.2 Å². The van der Waals surface area contributed by atoms with Gasteiger partial charge in [0, 0.05) is 24.9 Å². The fourth-order valence-corrected chi connectivity index (χ4v) is 4.83. The van der Waals surface area contributed by atoms with Gasteiger partial charge in [-0.05, 0) is 41.5 Å². The molecule has 3 N–H and O–H groups in total. The van der Waals surface area contributed by atoms with Gasteiger partial charge in [0.2, 0.25) is 5.91 Å². The van der Waals surface area contributed by atoms with Crippen molar-refractivity contribution in [2.24, 2.45) is 5.92 Å². The van der Waals surface area contributed by atoms with Gasteiger partial charge in [0.05, 0.1) is 18.6 Å². The van der Waals surface area contributed by atoms with Crippen LogP contribution >= 0.6 is 0 Å². The number of alkyl carbamates (subject to hydrolysis) is 1. The fourth-order valence-electron chi connectivity index (χ4n) is 4.83. The summed E-state index contributed by atoms with van der Waals surface area (Å²) in [4.78, 5) is 35.8. The molecular formula is C27H32N2O6. The minimum absolute atomic E-state index is 0.00228. The first-order chi connectivity index (χ1) is 17.0. The highest BCUT2D eigenvalue weighted by Crippen LogP contribution is 2.44. The van der Waals surface area contributed by atoms with E-state index in [0.29, 0.717) is 25.8 Å². The Balaban J connectivity index is 1.21. The lowest BCUT2D eigenvalue weighted by atomic mass is 9.98. The maximum Gasteiger partial charge on any atom is 0.407 e. The van der Waals surface area contributed by atoms with Crippen LogP contribution in [0.4, 0.5) is 4.79 Å². The van der Waals surface area contributed by atoms with E-state index in [-0.39, 0.29) is 43.6 Å². The molecule has 1 fully saturated rings. The highest BCUT2D eigenvalue weighted by atomic mass is 16.5. The van der Waals surface area contributed by atoms with Crippen LogP contribution in [0.15, 0.2) is 48.5 Å². The molecule has 8 nitrogen and oxygen atoms in total. The Morgan fingerprint density at radius 2 is 1.74 bits per heavy atom. The molecule has 1 saturated heterocycles. The maximum absolute atomic E-state index is 12.5. The van der Waals surface area contributed by atoms with Crippen LogP contribution in [0, 0.1) is 5.92 Å². The van der Waals surface area contributed by atoms with Gasteiger partial charge in [0.1, 0.15) is 6.61 Å². The van der Waals surface area contributed by atoms with E-state index in [4.69, 9.17) is 14.6 Å². The first kappa shape index (κ1) is 24.7. The van der Waals surface area contributed by atoms with E-state index in [1.54, 1.807) is 0 Å². The van der Waals surface area contributed by atoms with Gasteiger partial charge in [0.15, 0.2) is 0 Å². The van der Waals surface area contributed by atoms with Gasteiger partial charge >= 0.3 is 12.1 Å². The number of carbonyl (C=O) groups excluding carboxylic acids is 2. The molecule has 0 aromatic heterocycles. The maximum atomic E-state index is 12.5. The second kappa shape index (κ2) is 11.4. The molecule has 1 unspecified atom stereocenters. The molecule has 0 spiro atoms. The van der Waals surface area contributed by atoms with E-state index in [1.165, 1.54) is 11.1 Å². The van der Waals surface area contributed by atoms with Crippen LogP contribution in [0.1, 0.15) is 49.7 Å². The fraction of sp³-hybridized carbons (Fsp3) is 0.444. The molecule has 2 aromatic carbocycles. The Bertz CT molecular complexity index is 1030. The number of ether oxygens (including phenoxy) is 2. The number of carboxylic acid groups (broad SMARTS) is 1. The molecule has 186 valence electrons. The minimum atomic E-state index is -0.871. The van der Waals surface area contributed by atoms with Crippen molar-refractivity contribution >= 4 is 18.0 Å². The van der Waals surface area contributed by atoms with Crippen LogP contribution in [0.2, 0.25) is 0 Å². The van der Waals surface area contributed by atoms with Gasteiger partial charge < -0.3 is 25.2 Å². The number of aliphatic carboxylic acids is 1. The number of carboxylic acids is 1. The standard InChI is InChI=1S/C27H32N2O6/c1-2-18(11-12-25(30)28-14-19-13-17(15-34-19)26(31)32)29-27(33)35-16-24-22-9-5-3-7-20(22)21-8-4-6-10-23(21)24/h3-10,17-19,24H,2,11-16H2,1H3,(H,28,30)(H,29,33)(H,31,32)/t17-,18?,19-/m1/s1. The molecule has 0 radical (unpaired) electrons. The van der Waals surface area contributed by atoms with Crippen LogP contribution in [-0.4, -0.2) is 55.0 Å². The first-order valence-electron chi connectivity index (χ1n) is 12.2. The van der Waals surface area contributed by atoms with E-state index in [9.17, 15) is 14.4 Å². The van der Waals surface area contributed by atoms with Crippen LogP contribution in [0.25, 0.3) is 11.1 Å². The van der Waals surface area contributed by atoms with Gasteiger partial charge in [-0.25, -0.2) is 4.79 Å². The molecule has 3 atom stereocenters. The predicted molar refractivity (Wildman–Crippen MR) is 130 cm³/mol. The van der Waals surface area contributed by atoms with Crippen molar-refractivity contribution in [2.45, 2.75) is 50.7 Å². The Kier molecular flexibility index (Phi) is 8.02. The summed E-state index contributed by atoms with van der Waals surface area (Å²) in [6.45, 7) is 2.66. The second-order valence-electron chi connectivity index (χ2n) is 9.14. The predicted octanol–water partition coefficient (Wildman–Crippen LogP) is 3.69. The normalized spacial score (nSPS) is 19.5. The van der Waals surface area contributed by atoms with Crippen molar-refractivity contribution < 1.29 is 29.0 Å². The molecule has 1 aliphatic heterocycles. The lowest BCUT2D eigenvalue weighted by Crippen LogP contribution is -2.37. The monoisotopic (exact) mass is 480 g/mol. The van der Waals surface area contributed by atoms with Crippen molar-refractivity contribution in [1.82, 2.24) is 10.6 Å². The third kappa shape index (κ3) is 6.00. The lowest BCUT2D eigenvalue weighted by molar-refractivity contribution is -0.141. The number of nitrogens with one attached hydrogen (secondary N) is 2. The van der Waals surface area contributed by atoms with Gasteiger partial charge in [-0.1, -0.05) is 55.5 Å². The van der Waals surface area contributed by atoms with Gasteiger partial charge in [-0.2, -0.15) is 0 Å². The summed E-state index contributed by atoms with van der Waals surface area (Å²) in [6, 6.07) is 16.2. The van der Waals surface area contributed by atoms with Gasteiger partial charge in [-0.15, -0.1) is 0 Å². The largest absolute Gasteiger partial charge is 0.481 e. The molecule has 1 aliphatic carbocycles. The lowest BCUT2D eigenvalue weighted by Gasteiger charge is -2.19.